The summed E-state index contributed by atoms with van der Waals surface area (Å²) in [6.45, 7) is 2.83. The summed E-state index contributed by atoms with van der Waals surface area (Å²) in [4.78, 5) is 25.9. The van der Waals surface area contributed by atoms with Crippen molar-refractivity contribution in [1.82, 2.24) is 20.3 Å². The zero-order chi connectivity index (χ0) is 20.1. The van der Waals surface area contributed by atoms with E-state index in [2.05, 4.69) is 15.3 Å². The van der Waals surface area contributed by atoms with Crippen LogP contribution >= 0.6 is 0 Å². The largest absolute Gasteiger partial charge is 0.478 e. The summed E-state index contributed by atoms with van der Waals surface area (Å²) in [5.41, 5.74) is 3.93. The number of carbonyl (C=O) groups excluding carboxylic acids is 1. The molecule has 6 nitrogen and oxygen atoms in total. The third-order valence-electron chi connectivity index (χ3n) is 4.48. The molecule has 0 bridgehead atoms. The fourth-order valence-corrected chi connectivity index (χ4v) is 3.10. The average Bonchev–Trinajstić information content (AvgIpc) is 2.78. The molecule has 1 amide bonds. The molecule has 6 heteroatoms. The number of nitrogens with zero attached hydrogens (tertiary/aromatic N) is 3. The molecule has 0 spiro atoms. The van der Waals surface area contributed by atoms with Crippen LogP contribution in [0.3, 0.4) is 0 Å². The summed E-state index contributed by atoms with van der Waals surface area (Å²) < 4.78 is 5.42. The van der Waals surface area contributed by atoms with Crippen molar-refractivity contribution in [3.05, 3.63) is 84.3 Å². The summed E-state index contributed by atoms with van der Waals surface area (Å²) in [6, 6.07) is 16.9. The minimum atomic E-state index is -0.159. The van der Waals surface area contributed by atoms with Gasteiger partial charge in [-0.1, -0.05) is 18.2 Å². The fraction of sp³-hybridized carbons (Fsp3) is 0.130. The predicted octanol–water partition coefficient (Wildman–Crippen LogP) is 4.02. The molecule has 0 saturated carbocycles. The second-order valence-corrected chi connectivity index (χ2v) is 6.43. The number of fused-ring (bicyclic) bond motifs is 1. The van der Waals surface area contributed by atoms with Gasteiger partial charge in [0.25, 0.3) is 5.91 Å². The molecule has 29 heavy (non-hydrogen) atoms. The van der Waals surface area contributed by atoms with Crippen molar-refractivity contribution >= 4 is 16.8 Å². The van der Waals surface area contributed by atoms with Crippen LogP contribution in [0.1, 0.15) is 22.8 Å². The van der Waals surface area contributed by atoms with Gasteiger partial charge in [0.05, 0.1) is 23.4 Å². The third-order valence-corrected chi connectivity index (χ3v) is 4.48. The number of nitrogens with one attached hydrogen (secondary N) is 1. The maximum absolute atomic E-state index is 13.0. The van der Waals surface area contributed by atoms with Gasteiger partial charge in [0, 0.05) is 42.2 Å². The first-order valence-corrected chi connectivity index (χ1v) is 9.40. The first-order chi connectivity index (χ1) is 14.2. The molecule has 0 aliphatic heterocycles. The van der Waals surface area contributed by atoms with Crippen LogP contribution in [-0.2, 0) is 6.54 Å². The minimum Gasteiger partial charge on any atom is -0.478 e. The molecule has 3 aromatic heterocycles. The molecule has 1 N–H and O–H groups in total. The first-order valence-electron chi connectivity index (χ1n) is 9.40. The van der Waals surface area contributed by atoms with Crippen LogP contribution < -0.4 is 10.1 Å². The quantitative estimate of drug-likeness (QED) is 0.543. The highest BCUT2D eigenvalue weighted by Gasteiger charge is 2.14. The molecule has 144 valence electrons. The van der Waals surface area contributed by atoms with Gasteiger partial charge in [-0.05, 0) is 42.8 Å². The van der Waals surface area contributed by atoms with Gasteiger partial charge >= 0.3 is 0 Å². The highest BCUT2D eigenvalue weighted by atomic mass is 16.5. The van der Waals surface area contributed by atoms with Gasteiger partial charge in [0.1, 0.15) is 0 Å². The molecule has 0 aliphatic carbocycles. The van der Waals surface area contributed by atoms with Crippen LogP contribution in [0.25, 0.3) is 22.2 Å². The summed E-state index contributed by atoms with van der Waals surface area (Å²) in [7, 11) is 0. The predicted molar refractivity (Wildman–Crippen MR) is 112 cm³/mol. The lowest BCUT2D eigenvalue weighted by molar-refractivity contribution is 0.0952. The van der Waals surface area contributed by atoms with Crippen molar-refractivity contribution in [1.29, 1.82) is 0 Å². The Bertz CT molecular complexity index is 1150. The Labute approximate surface area is 168 Å². The van der Waals surface area contributed by atoms with Crippen molar-refractivity contribution in [2.75, 3.05) is 6.61 Å². The van der Waals surface area contributed by atoms with Crippen molar-refractivity contribution in [2.24, 2.45) is 0 Å². The number of para-hydroxylation sites is 1. The highest BCUT2D eigenvalue weighted by Crippen LogP contribution is 2.24. The van der Waals surface area contributed by atoms with E-state index >= 15 is 0 Å². The Morgan fingerprint density at radius 3 is 2.69 bits per heavy atom. The van der Waals surface area contributed by atoms with E-state index in [4.69, 9.17) is 9.72 Å². The lowest BCUT2D eigenvalue weighted by Crippen LogP contribution is -2.23. The summed E-state index contributed by atoms with van der Waals surface area (Å²) in [6.07, 6.45) is 5.10. The van der Waals surface area contributed by atoms with E-state index in [1.54, 1.807) is 18.6 Å². The van der Waals surface area contributed by atoms with Gasteiger partial charge in [-0.3, -0.25) is 9.78 Å². The van der Waals surface area contributed by atoms with Crippen molar-refractivity contribution in [3.63, 3.8) is 0 Å². The Kier molecular flexibility index (Phi) is 5.42. The highest BCUT2D eigenvalue weighted by molar-refractivity contribution is 6.07. The SMILES string of the molecule is CCOc1cc(CNC(=O)c2cc(-c3ccncc3)nc3ccccc23)ccn1. The van der Waals surface area contributed by atoms with Crippen molar-refractivity contribution in [2.45, 2.75) is 13.5 Å². The molecular formula is C23H20N4O2. The van der Waals surface area contributed by atoms with Crippen molar-refractivity contribution < 1.29 is 9.53 Å². The Balaban J connectivity index is 1.64. The molecule has 4 rings (SSSR count). The number of rotatable bonds is 6. The van der Waals surface area contributed by atoms with Crippen LogP contribution in [0.4, 0.5) is 0 Å². The summed E-state index contributed by atoms with van der Waals surface area (Å²) >= 11 is 0. The van der Waals surface area contributed by atoms with Gasteiger partial charge < -0.3 is 10.1 Å². The van der Waals surface area contributed by atoms with Gasteiger partial charge in [-0.25, -0.2) is 9.97 Å². The standard InChI is InChI=1S/C23H20N4O2/c1-2-29-22-13-16(7-12-25-22)15-26-23(28)19-14-21(17-8-10-24-11-9-17)27-20-6-4-3-5-18(19)20/h3-14H,2,15H2,1H3,(H,26,28). The number of benzene rings is 1. The van der Waals surface area contributed by atoms with E-state index in [-0.39, 0.29) is 5.91 Å². The van der Waals surface area contributed by atoms with E-state index < -0.39 is 0 Å². The van der Waals surface area contributed by atoms with Gasteiger partial charge in [-0.2, -0.15) is 0 Å². The molecular weight excluding hydrogens is 364 g/mol. The smallest absolute Gasteiger partial charge is 0.252 e. The molecule has 0 radical (unpaired) electrons. The monoisotopic (exact) mass is 384 g/mol. The van der Waals surface area contributed by atoms with Crippen LogP contribution in [0, 0.1) is 0 Å². The number of carbonyl (C=O) groups is 1. The van der Waals surface area contributed by atoms with Gasteiger partial charge in [-0.15, -0.1) is 0 Å². The first kappa shape index (κ1) is 18.6. The zero-order valence-electron chi connectivity index (χ0n) is 16.0. The Morgan fingerprint density at radius 2 is 1.86 bits per heavy atom. The molecule has 4 aromatic rings. The summed E-state index contributed by atoms with van der Waals surface area (Å²) in [5.74, 6) is 0.391. The zero-order valence-corrected chi connectivity index (χ0v) is 16.0. The fourth-order valence-electron chi connectivity index (χ4n) is 3.10. The van der Waals surface area contributed by atoms with E-state index in [1.807, 2.05) is 61.5 Å². The molecule has 0 aliphatic rings. The molecule has 0 saturated heterocycles. The summed E-state index contributed by atoms with van der Waals surface area (Å²) in [5, 5.41) is 3.81. The third kappa shape index (κ3) is 4.21. The Hall–Kier alpha value is -3.80. The number of hydrogen-bond donors (Lipinski definition) is 1. The van der Waals surface area contributed by atoms with E-state index in [0.29, 0.717) is 24.6 Å². The maximum Gasteiger partial charge on any atom is 0.252 e. The second kappa shape index (κ2) is 8.48. The van der Waals surface area contributed by atoms with E-state index in [0.717, 1.165) is 27.7 Å². The van der Waals surface area contributed by atoms with Crippen molar-refractivity contribution in [3.8, 4) is 17.1 Å². The lowest BCUT2D eigenvalue weighted by atomic mass is 10.0. The topological polar surface area (TPSA) is 77.0 Å². The van der Waals surface area contributed by atoms with Gasteiger partial charge in [0.2, 0.25) is 5.88 Å². The number of amides is 1. The van der Waals surface area contributed by atoms with Crippen LogP contribution in [0.2, 0.25) is 0 Å². The number of ether oxygens (including phenoxy) is 1. The van der Waals surface area contributed by atoms with Crippen LogP contribution in [-0.4, -0.2) is 27.5 Å². The molecule has 1 aromatic carbocycles. The van der Waals surface area contributed by atoms with E-state index in [1.165, 1.54) is 0 Å². The Morgan fingerprint density at radius 1 is 1.03 bits per heavy atom. The average molecular weight is 384 g/mol. The molecule has 0 unspecified atom stereocenters. The molecule has 0 atom stereocenters. The molecule has 0 fully saturated rings. The normalized spacial score (nSPS) is 10.7. The lowest BCUT2D eigenvalue weighted by Gasteiger charge is -2.11. The minimum absolute atomic E-state index is 0.159. The van der Waals surface area contributed by atoms with E-state index in [9.17, 15) is 4.79 Å². The van der Waals surface area contributed by atoms with Crippen LogP contribution in [0.5, 0.6) is 5.88 Å². The number of aromatic nitrogens is 3. The van der Waals surface area contributed by atoms with Crippen LogP contribution in [0.15, 0.2) is 73.2 Å². The number of hydrogen-bond acceptors (Lipinski definition) is 5. The second-order valence-electron chi connectivity index (χ2n) is 6.43. The molecule has 3 heterocycles. The number of pyridine rings is 3. The maximum atomic E-state index is 13.0. The van der Waals surface area contributed by atoms with Gasteiger partial charge in [0.15, 0.2) is 0 Å².